The van der Waals surface area contributed by atoms with Gasteiger partial charge in [0.2, 0.25) is 11.0 Å². The Labute approximate surface area is 187 Å². The lowest BCUT2D eigenvalue weighted by Gasteiger charge is -2.01. The van der Waals surface area contributed by atoms with Gasteiger partial charge in [-0.05, 0) is 29.8 Å². The first kappa shape index (κ1) is 21.0. The average molecular weight is 453 g/mol. The molecule has 1 N–H and O–H groups in total. The van der Waals surface area contributed by atoms with Gasteiger partial charge in [0.15, 0.2) is 0 Å². The van der Waals surface area contributed by atoms with Crippen LogP contribution < -0.4 is 14.8 Å². The van der Waals surface area contributed by atoms with Crippen molar-refractivity contribution in [1.29, 1.82) is 0 Å². The van der Waals surface area contributed by atoms with Crippen LogP contribution in [0.25, 0.3) is 10.6 Å². The van der Waals surface area contributed by atoms with E-state index in [2.05, 4.69) is 20.5 Å². The van der Waals surface area contributed by atoms with Crippen molar-refractivity contribution in [2.45, 2.75) is 12.8 Å². The fourth-order valence-corrected chi connectivity index (χ4v) is 4.51. The van der Waals surface area contributed by atoms with E-state index < -0.39 is 0 Å². The fraction of sp³-hybridized carbons (Fsp3) is 0.182. The number of benzene rings is 2. The Balaban J connectivity index is 1.34. The first-order valence-electron chi connectivity index (χ1n) is 9.47. The standard InChI is InChI=1S/C22H20N4O3S2/c1-28-17-8-6-14(7-9-17)10-20-25-26-22(31-20)24-19(27)12-16-13-30-21(23-16)15-4-3-5-18(11-15)29-2/h3-9,11,13H,10,12H2,1-2H3,(H,24,26,27). The molecule has 0 radical (unpaired) electrons. The molecule has 0 aliphatic rings. The van der Waals surface area contributed by atoms with Crippen molar-refractivity contribution in [3.8, 4) is 22.1 Å². The van der Waals surface area contributed by atoms with Crippen LogP contribution in [0, 0.1) is 0 Å². The highest BCUT2D eigenvalue weighted by Crippen LogP contribution is 2.27. The summed E-state index contributed by atoms with van der Waals surface area (Å²) in [7, 11) is 3.27. The molecule has 0 aliphatic carbocycles. The summed E-state index contributed by atoms with van der Waals surface area (Å²) in [5.41, 5.74) is 2.77. The molecular formula is C22H20N4O3S2. The number of hydrogen-bond acceptors (Lipinski definition) is 8. The lowest BCUT2D eigenvalue weighted by molar-refractivity contribution is -0.115. The van der Waals surface area contributed by atoms with Gasteiger partial charge < -0.3 is 14.8 Å². The topological polar surface area (TPSA) is 86.2 Å². The largest absolute Gasteiger partial charge is 0.497 e. The average Bonchev–Trinajstić information content (AvgIpc) is 3.44. The van der Waals surface area contributed by atoms with E-state index in [4.69, 9.17) is 9.47 Å². The minimum atomic E-state index is -0.172. The van der Waals surface area contributed by atoms with Crippen molar-refractivity contribution in [2.75, 3.05) is 19.5 Å². The van der Waals surface area contributed by atoms with Gasteiger partial charge in [0.1, 0.15) is 21.5 Å². The Morgan fingerprint density at radius 2 is 1.84 bits per heavy atom. The van der Waals surface area contributed by atoms with Crippen LogP contribution in [-0.2, 0) is 17.6 Å². The molecule has 0 atom stereocenters. The molecule has 2 aromatic carbocycles. The van der Waals surface area contributed by atoms with E-state index in [0.717, 1.165) is 32.6 Å². The molecule has 0 fully saturated rings. The van der Waals surface area contributed by atoms with Crippen LogP contribution in [0.4, 0.5) is 5.13 Å². The maximum atomic E-state index is 12.4. The van der Waals surface area contributed by atoms with Crippen molar-refractivity contribution >= 4 is 33.7 Å². The molecule has 2 heterocycles. The van der Waals surface area contributed by atoms with Crippen LogP contribution in [0.3, 0.4) is 0 Å². The van der Waals surface area contributed by atoms with E-state index >= 15 is 0 Å². The SMILES string of the molecule is COc1ccc(Cc2nnc(NC(=O)Cc3csc(-c4cccc(OC)c4)n3)s2)cc1. The Morgan fingerprint density at radius 3 is 2.61 bits per heavy atom. The summed E-state index contributed by atoms with van der Waals surface area (Å²) in [6.07, 6.45) is 0.821. The molecule has 1 amide bonds. The quantitative estimate of drug-likeness (QED) is 0.425. The molecule has 4 aromatic rings. The van der Waals surface area contributed by atoms with Crippen LogP contribution in [0.1, 0.15) is 16.3 Å². The molecule has 0 aliphatic heterocycles. The molecule has 9 heteroatoms. The molecule has 7 nitrogen and oxygen atoms in total. The fourth-order valence-electron chi connectivity index (χ4n) is 2.90. The molecular weight excluding hydrogens is 432 g/mol. The maximum absolute atomic E-state index is 12.4. The highest BCUT2D eigenvalue weighted by Gasteiger charge is 2.13. The second kappa shape index (κ2) is 9.67. The molecule has 31 heavy (non-hydrogen) atoms. The van der Waals surface area contributed by atoms with Gasteiger partial charge in [0.25, 0.3) is 0 Å². The normalized spacial score (nSPS) is 10.6. The van der Waals surface area contributed by atoms with Crippen molar-refractivity contribution in [2.24, 2.45) is 0 Å². The summed E-state index contributed by atoms with van der Waals surface area (Å²) in [6.45, 7) is 0. The van der Waals surface area contributed by atoms with Crippen molar-refractivity contribution in [1.82, 2.24) is 15.2 Å². The molecule has 158 valence electrons. The summed E-state index contributed by atoms with van der Waals surface area (Å²) < 4.78 is 10.4. The van der Waals surface area contributed by atoms with Crippen molar-refractivity contribution in [3.63, 3.8) is 0 Å². The lowest BCUT2D eigenvalue weighted by Crippen LogP contribution is -2.14. The van der Waals surface area contributed by atoms with Gasteiger partial charge >= 0.3 is 0 Å². The van der Waals surface area contributed by atoms with Crippen molar-refractivity contribution < 1.29 is 14.3 Å². The number of aromatic nitrogens is 3. The van der Waals surface area contributed by atoms with Gasteiger partial charge in [-0.15, -0.1) is 21.5 Å². The number of thiazole rings is 1. The molecule has 0 spiro atoms. The van der Waals surface area contributed by atoms with E-state index in [-0.39, 0.29) is 12.3 Å². The molecule has 2 aromatic heterocycles. The third kappa shape index (κ3) is 5.44. The Morgan fingerprint density at radius 1 is 1.03 bits per heavy atom. The second-order valence-electron chi connectivity index (χ2n) is 6.63. The van der Waals surface area contributed by atoms with Crippen molar-refractivity contribution in [3.05, 3.63) is 70.2 Å². The number of anilines is 1. The van der Waals surface area contributed by atoms with Gasteiger partial charge in [-0.25, -0.2) is 4.98 Å². The summed E-state index contributed by atoms with van der Waals surface area (Å²) >= 11 is 2.86. The molecule has 0 unspecified atom stereocenters. The Hall–Kier alpha value is -3.30. The number of amides is 1. The van der Waals surface area contributed by atoms with Gasteiger partial charge in [-0.1, -0.05) is 35.6 Å². The van der Waals surface area contributed by atoms with Crippen LogP contribution >= 0.6 is 22.7 Å². The van der Waals surface area contributed by atoms with E-state index in [0.29, 0.717) is 17.2 Å². The van der Waals surface area contributed by atoms with Crippen LogP contribution in [-0.4, -0.2) is 35.3 Å². The highest BCUT2D eigenvalue weighted by molar-refractivity contribution is 7.15. The van der Waals surface area contributed by atoms with Gasteiger partial charge in [0.05, 0.1) is 26.3 Å². The summed E-state index contributed by atoms with van der Waals surface area (Å²) in [4.78, 5) is 17.0. The van der Waals surface area contributed by atoms with E-state index in [1.807, 2.05) is 53.9 Å². The van der Waals surface area contributed by atoms with E-state index in [1.165, 1.54) is 22.7 Å². The van der Waals surface area contributed by atoms with Crippen LogP contribution in [0.15, 0.2) is 53.9 Å². The van der Waals surface area contributed by atoms with Gasteiger partial charge in [-0.2, -0.15) is 0 Å². The lowest BCUT2D eigenvalue weighted by atomic mass is 10.1. The number of nitrogens with one attached hydrogen (secondary N) is 1. The zero-order valence-corrected chi connectivity index (χ0v) is 18.6. The van der Waals surface area contributed by atoms with Crippen LogP contribution in [0.2, 0.25) is 0 Å². The minimum Gasteiger partial charge on any atom is -0.497 e. The third-order valence-electron chi connectivity index (χ3n) is 4.44. The predicted molar refractivity (Wildman–Crippen MR) is 122 cm³/mol. The van der Waals surface area contributed by atoms with E-state index in [1.54, 1.807) is 14.2 Å². The van der Waals surface area contributed by atoms with E-state index in [9.17, 15) is 4.79 Å². The smallest absolute Gasteiger partial charge is 0.232 e. The summed E-state index contributed by atoms with van der Waals surface area (Å²) in [5.74, 6) is 1.41. The monoisotopic (exact) mass is 452 g/mol. The number of rotatable bonds is 8. The van der Waals surface area contributed by atoms with Crippen LogP contribution in [0.5, 0.6) is 11.5 Å². The number of ether oxygens (including phenoxy) is 2. The minimum absolute atomic E-state index is 0.172. The zero-order chi connectivity index (χ0) is 21.6. The number of carbonyl (C=O) groups excluding carboxylic acids is 1. The Kier molecular flexibility index (Phi) is 6.54. The molecule has 0 bridgehead atoms. The third-order valence-corrected chi connectivity index (χ3v) is 6.22. The molecule has 4 rings (SSSR count). The maximum Gasteiger partial charge on any atom is 0.232 e. The first-order valence-corrected chi connectivity index (χ1v) is 11.2. The Bertz CT molecular complexity index is 1170. The summed E-state index contributed by atoms with van der Waals surface area (Å²) in [5, 5.41) is 15.1. The van der Waals surface area contributed by atoms with Gasteiger partial charge in [-0.3, -0.25) is 4.79 Å². The number of nitrogens with zero attached hydrogens (tertiary/aromatic N) is 3. The highest BCUT2D eigenvalue weighted by atomic mass is 32.1. The number of methoxy groups -OCH3 is 2. The molecule has 0 saturated heterocycles. The molecule has 0 saturated carbocycles. The van der Waals surface area contributed by atoms with Gasteiger partial charge in [0, 0.05) is 17.4 Å². The second-order valence-corrected chi connectivity index (χ2v) is 8.55. The predicted octanol–water partition coefficient (Wildman–Crippen LogP) is 4.45. The number of carbonyl (C=O) groups is 1. The summed E-state index contributed by atoms with van der Waals surface area (Å²) in [6, 6.07) is 15.5. The first-order chi connectivity index (χ1) is 15.1. The zero-order valence-electron chi connectivity index (χ0n) is 17.0. The number of hydrogen-bond donors (Lipinski definition) is 1.